The number of hydrogen-bond acceptors (Lipinski definition) is 6. The predicted octanol–water partition coefficient (Wildman–Crippen LogP) is 4.87. The number of amides is 1. The predicted molar refractivity (Wildman–Crippen MR) is 131 cm³/mol. The molecule has 10 heteroatoms. The Morgan fingerprint density at radius 2 is 1.90 bits per heavy atom. The van der Waals surface area contributed by atoms with Crippen LogP contribution >= 0.6 is 56.9 Å². The first-order chi connectivity index (χ1) is 14.4. The fourth-order valence-electron chi connectivity index (χ4n) is 2.40. The number of esters is 1. The van der Waals surface area contributed by atoms with Gasteiger partial charge in [-0.2, -0.15) is 0 Å². The molecule has 0 aromatic heterocycles. The molecule has 1 N–H and O–H groups in total. The van der Waals surface area contributed by atoms with Crippen LogP contribution in [-0.4, -0.2) is 30.3 Å². The Hall–Kier alpha value is -1.67. The van der Waals surface area contributed by atoms with Gasteiger partial charge in [0.05, 0.1) is 24.3 Å². The maximum absolute atomic E-state index is 13.0. The zero-order valence-corrected chi connectivity index (χ0v) is 20.7. The third kappa shape index (κ3) is 6.17. The van der Waals surface area contributed by atoms with Crippen molar-refractivity contribution in [3.05, 3.63) is 59.8 Å². The van der Waals surface area contributed by atoms with Gasteiger partial charge in [-0.05, 0) is 112 Å². The van der Waals surface area contributed by atoms with Crippen molar-refractivity contribution in [3.8, 4) is 5.75 Å². The zero-order valence-electron chi connectivity index (χ0n) is 15.6. The molecular weight excluding hydrogens is 637 g/mol. The van der Waals surface area contributed by atoms with Crippen LogP contribution in [0.1, 0.15) is 12.5 Å². The Morgan fingerprint density at radius 1 is 1.23 bits per heavy atom. The molecule has 2 aromatic carbocycles. The van der Waals surface area contributed by atoms with E-state index in [2.05, 4.69) is 55.5 Å². The highest BCUT2D eigenvalue weighted by atomic mass is 127. The maximum Gasteiger partial charge on any atom is 0.344 e. The lowest BCUT2D eigenvalue weighted by molar-refractivity contribution is -0.145. The normalized spacial score (nSPS) is 16.1. The number of ether oxygens (including phenoxy) is 2. The highest BCUT2D eigenvalue weighted by molar-refractivity contribution is 14.1. The van der Waals surface area contributed by atoms with Crippen LogP contribution in [-0.2, 0) is 14.3 Å². The van der Waals surface area contributed by atoms with E-state index in [1.54, 1.807) is 13.0 Å². The van der Waals surface area contributed by atoms with E-state index in [0.29, 0.717) is 28.1 Å². The molecule has 3 rings (SSSR count). The molecule has 1 aliphatic heterocycles. The van der Waals surface area contributed by atoms with Gasteiger partial charge in [0, 0.05) is 0 Å². The third-order valence-corrected chi connectivity index (χ3v) is 6.18. The second-order valence-electron chi connectivity index (χ2n) is 5.87. The monoisotopic (exact) mass is 652 g/mol. The fourth-order valence-corrected chi connectivity index (χ4v) is 5.37. The number of rotatable bonds is 6. The van der Waals surface area contributed by atoms with Gasteiger partial charge in [-0.3, -0.25) is 4.79 Å². The number of carbonyl (C=O) groups is 2. The number of aliphatic imine (C=N–C) groups is 1. The third-order valence-electron chi connectivity index (χ3n) is 3.67. The SMILES string of the molecule is CCOC(=O)COc1c(I)cc(/C=C2\SC(=Nc3ccc(F)cc3)NC2=O)cc1I. The van der Waals surface area contributed by atoms with Crippen LogP contribution in [0.2, 0.25) is 0 Å². The lowest BCUT2D eigenvalue weighted by Crippen LogP contribution is -2.19. The first kappa shape index (κ1) is 23.0. The molecule has 0 aliphatic carbocycles. The molecule has 0 unspecified atom stereocenters. The molecule has 0 bridgehead atoms. The van der Waals surface area contributed by atoms with Crippen LogP contribution in [0.3, 0.4) is 0 Å². The summed E-state index contributed by atoms with van der Waals surface area (Å²) < 4.78 is 25.1. The Kier molecular flexibility index (Phi) is 8.11. The van der Waals surface area contributed by atoms with Crippen LogP contribution < -0.4 is 10.1 Å². The van der Waals surface area contributed by atoms with Crippen molar-refractivity contribution in [2.24, 2.45) is 4.99 Å². The van der Waals surface area contributed by atoms with E-state index < -0.39 is 5.97 Å². The van der Waals surface area contributed by atoms with Crippen LogP contribution in [0, 0.1) is 13.0 Å². The Morgan fingerprint density at radius 3 is 2.53 bits per heavy atom. The van der Waals surface area contributed by atoms with Crippen LogP contribution in [0.25, 0.3) is 6.08 Å². The molecule has 2 aromatic rings. The van der Waals surface area contributed by atoms with Gasteiger partial charge in [0.25, 0.3) is 5.91 Å². The van der Waals surface area contributed by atoms with Gasteiger partial charge in [0.2, 0.25) is 0 Å². The van der Waals surface area contributed by atoms with E-state index in [4.69, 9.17) is 9.47 Å². The lowest BCUT2D eigenvalue weighted by atomic mass is 10.2. The Balaban J connectivity index is 1.75. The summed E-state index contributed by atoms with van der Waals surface area (Å²) in [7, 11) is 0. The van der Waals surface area contributed by atoms with Crippen molar-refractivity contribution < 1.29 is 23.5 Å². The quantitative estimate of drug-likeness (QED) is 0.274. The van der Waals surface area contributed by atoms with E-state index in [-0.39, 0.29) is 18.3 Å². The highest BCUT2D eigenvalue weighted by Crippen LogP contribution is 2.32. The van der Waals surface area contributed by atoms with Crippen molar-refractivity contribution >= 4 is 85.8 Å². The minimum Gasteiger partial charge on any atom is -0.480 e. The van der Waals surface area contributed by atoms with Crippen LogP contribution in [0.15, 0.2) is 46.3 Å². The summed E-state index contributed by atoms with van der Waals surface area (Å²) in [5, 5.41) is 3.13. The summed E-state index contributed by atoms with van der Waals surface area (Å²) in [5.41, 5.74) is 1.36. The molecule has 1 saturated heterocycles. The fraction of sp³-hybridized carbons (Fsp3) is 0.150. The standard InChI is InChI=1S/C20H15FI2N2O4S/c1-2-28-17(26)10-29-18-14(22)7-11(8-15(18)23)9-16-19(27)25-20(30-16)24-13-5-3-12(21)4-6-13/h3-9H,2,10H2,1H3,(H,24,25,27)/b16-9-. The smallest absolute Gasteiger partial charge is 0.344 e. The van der Waals surface area contributed by atoms with Gasteiger partial charge in [-0.1, -0.05) is 0 Å². The second-order valence-corrected chi connectivity index (χ2v) is 9.22. The number of nitrogens with one attached hydrogen (secondary N) is 1. The number of halogens is 3. The molecule has 0 radical (unpaired) electrons. The first-order valence-corrected chi connectivity index (χ1v) is 11.7. The number of nitrogens with zero attached hydrogens (tertiary/aromatic N) is 1. The molecular formula is C20H15FI2N2O4S. The summed E-state index contributed by atoms with van der Waals surface area (Å²) in [5.74, 6) is -0.439. The van der Waals surface area contributed by atoms with Crippen LogP contribution in [0.4, 0.5) is 10.1 Å². The van der Waals surface area contributed by atoms with E-state index in [9.17, 15) is 14.0 Å². The highest BCUT2D eigenvalue weighted by Gasteiger charge is 2.24. The van der Waals surface area contributed by atoms with Gasteiger partial charge < -0.3 is 14.8 Å². The number of benzene rings is 2. The molecule has 1 aliphatic rings. The number of amidine groups is 1. The van der Waals surface area contributed by atoms with Crippen molar-refractivity contribution in [2.75, 3.05) is 13.2 Å². The molecule has 156 valence electrons. The zero-order chi connectivity index (χ0) is 21.7. The summed E-state index contributed by atoms with van der Waals surface area (Å²) in [6, 6.07) is 9.42. The van der Waals surface area contributed by atoms with Crippen molar-refractivity contribution in [1.29, 1.82) is 0 Å². The van der Waals surface area contributed by atoms with Crippen molar-refractivity contribution in [2.45, 2.75) is 6.92 Å². The maximum atomic E-state index is 13.0. The minimum absolute atomic E-state index is 0.165. The minimum atomic E-state index is -0.428. The second kappa shape index (κ2) is 10.6. The summed E-state index contributed by atoms with van der Waals surface area (Å²) in [6.45, 7) is 1.87. The van der Waals surface area contributed by atoms with Crippen molar-refractivity contribution in [1.82, 2.24) is 5.32 Å². The number of hydrogen-bond donors (Lipinski definition) is 1. The Labute approximate surface area is 204 Å². The van der Waals surface area contributed by atoms with Crippen LogP contribution in [0.5, 0.6) is 5.75 Å². The first-order valence-electron chi connectivity index (χ1n) is 8.68. The van der Waals surface area contributed by atoms with Gasteiger partial charge in [0.15, 0.2) is 11.8 Å². The van der Waals surface area contributed by atoms with E-state index >= 15 is 0 Å². The summed E-state index contributed by atoms with van der Waals surface area (Å²) >= 11 is 5.45. The van der Waals surface area contributed by atoms with Gasteiger partial charge in [-0.25, -0.2) is 14.2 Å². The molecule has 0 saturated carbocycles. The molecule has 1 amide bonds. The molecule has 0 spiro atoms. The largest absolute Gasteiger partial charge is 0.480 e. The average Bonchev–Trinajstić information content (AvgIpc) is 3.02. The van der Waals surface area contributed by atoms with E-state index in [1.165, 1.54) is 36.0 Å². The molecule has 6 nitrogen and oxygen atoms in total. The van der Waals surface area contributed by atoms with Gasteiger partial charge >= 0.3 is 5.97 Å². The molecule has 1 fully saturated rings. The molecule has 1 heterocycles. The van der Waals surface area contributed by atoms with Gasteiger partial charge in [0.1, 0.15) is 11.6 Å². The van der Waals surface area contributed by atoms with E-state index in [1.807, 2.05) is 12.1 Å². The van der Waals surface area contributed by atoms with Gasteiger partial charge in [-0.15, -0.1) is 0 Å². The average molecular weight is 652 g/mol. The number of thioether (sulfide) groups is 1. The van der Waals surface area contributed by atoms with E-state index in [0.717, 1.165) is 12.7 Å². The Bertz CT molecular complexity index is 1020. The summed E-state index contributed by atoms with van der Waals surface area (Å²) in [4.78, 5) is 28.6. The molecule has 0 atom stereocenters. The molecule has 30 heavy (non-hydrogen) atoms. The lowest BCUT2D eigenvalue weighted by Gasteiger charge is -2.11. The topological polar surface area (TPSA) is 77.0 Å². The summed E-state index contributed by atoms with van der Waals surface area (Å²) in [6.07, 6.45) is 1.76. The van der Waals surface area contributed by atoms with Crippen molar-refractivity contribution in [3.63, 3.8) is 0 Å². The number of carbonyl (C=O) groups excluding carboxylic acids is 2.